The topological polar surface area (TPSA) is 113 Å². The summed E-state index contributed by atoms with van der Waals surface area (Å²) in [6.45, 7) is 0. The summed E-state index contributed by atoms with van der Waals surface area (Å²) in [6, 6.07) is 18.1. The van der Waals surface area contributed by atoms with Crippen molar-refractivity contribution in [2.24, 2.45) is 0 Å². The predicted molar refractivity (Wildman–Crippen MR) is 125 cm³/mol. The molecule has 2 aromatic carbocycles. The second kappa shape index (κ2) is 8.72. The molecule has 8 nitrogen and oxygen atoms in total. The molecule has 4 rings (SSSR count). The number of ether oxygens (including phenoxy) is 1. The van der Waals surface area contributed by atoms with Crippen LogP contribution in [0.3, 0.4) is 0 Å². The monoisotopic (exact) mass is 450 g/mol. The van der Waals surface area contributed by atoms with Crippen molar-refractivity contribution >= 4 is 38.3 Å². The highest BCUT2D eigenvalue weighted by molar-refractivity contribution is 7.92. The maximum absolute atomic E-state index is 12.5. The molecule has 0 spiro atoms. The van der Waals surface area contributed by atoms with E-state index in [9.17, 15) is 13.2 Å². The van der Waals surface area contributed by atoms with Crippen molar-refractivity contribution in [3.63, 3.8) is 0 Å². The number of sulfonamides is 1. The second-order valence-electron chi connectivity index (χ2n) is 7.32. The number of methoxy groups -OCH3 is 1. The van der Waals surface area contributed by atoms with Crippen LogP contribution in [-0.4, -0.2) is 37.7 Å². The Morgan fingerprint density at radius 3 is 2.56 bits per heavy atom. The van der Waals surface area contributed by atoms with Gasteiger partial charge in [0.05, 0.1) is 19.8 Å². The molecule has 164 valence electrons. The molecule has 9 heteroatoms. The lowest BCUT2D eigenvalue weighted by Gasteiger charge is -2.06. The maximum Gasteiger partial charge on any atom is 0.230 e. The highest BCUT2D eigenvalue weighted by Crippen LogP contribution is 2.29. The Morgan fingerprint density at radius 1 is 1.06 bits per heavy atom. The molecule has 0 bridgehead atoms. The Labute approximate surface area is 185 Å². The molecule has 0 unspecified atom stereocenters. The minimum Gasteiger partial charge on any atom is -0.497 e. The van der Waals surface area contributed by atoms with E-state index in [4.69, 9.17) is 4.74 Å². The molecule has 4 aromatic rings. The van der Waals surface area contributed by atoms with Gasteiger partial charge in [-0.25, -0.2) is 13.4 Å². The third kappa shape index (κ3) is 5.06. The molecule has 3 N–H and O–H groups in total. The molecule has 2 aromatic heterocycles. The van der Waals surface area contributed by atoms with E-state index >= 15 is 0 Å². The molecule has 0 radical (unpaired) electrons. The lowest BCUT2D eigenvalue weighted by molar-refractivity contribution is -0.115. The number of fused-ring (bicyclic) bond motifs is 1. The van der Waals surface area contributed by atoms with Gasteiger partial charge in [-0.15, -0.1) is 0 Å². The molecular weight excluding hydrogens is 428 g/mol. The number of nitrogens with one attached hydrogen (secondary N) is 3. The van der Waals surface area contributed by atoms with Gasteiger partial charge in [0.1, 0.15) is 11.4 Å². The number of hydrogen-bond acceptors (Lipinski definition) is 5. The van der Waals surface area contributed by atoms with Crippen molar-refractivity contribution in [1.82, 2.24) is 9.97 Å². The highest BCUT2D eigenvalue weighted by Gasteiger charge is 2.12. The van der Waals surface area contributed by atoms with Crippen LogP contribution in [0.1, 0.15) is 5.69 Å². The molecule has 1 amide bonds. The predicted octanol–water partition coefficient (Wildman–Crippen LogP) is 3.79. The van der Waals surface area contributed by atoms with Crippen LogP contribution in [0.2, 0.25) is 0 Å². The van der Waals surface area contributed by atoms with Crippen molar-refractivity contribution in [3.8, 4) is 16.9 Å². The number of aromatic nitrogens is 2. The number of hydrogen-bond donors (Lipinski definition) is 3. The first-order chi connectivity index (χ1) is 15.3. The number of pyridine rings is 1. The van der Waals surface area contributed by atoms with E-state index in [1.165, 1.54) is 0 Å². The lowest BCUT2D eigenvalue weighted by Crippen LogP contribution is -2.14. The number of carbonyl (C=O) groups excluding carboxylic acids is 1. The van der Waals surface area contributed by atoms with E-state index < -0.39 is 10.0 Å². The number of anilines is 2. The van der Waals surface area contributed by atoms with E-state index in [0.29, 0.717) is 22.8 Å². The van der Waals surface area contributed by atoms with Crippen LogP contribution < -0.4 is 14.8 Å². The largest absolute Gasteiger partial charge is 0.497 e. The zero-order chi connectivity index (χ0) is 22.7. The van der Waals surface area contributed by atoms with Crippen molar-refractivity contribution in [3.05, 3.63) is 72.6 Å². The highest BCUT2D eigenvalue weighted by atomic mass is 32.2. The Balaban J connectivity index is 1.55. The number of rotatable bonds is 7. The van der Waals surface area contributed by atoms with Crippen LogP contribution in [0, 0.1) is 0 Å². The molecule has 0 saturated heterocycles. The van der Waals surface area contributed by atoms with E-state index in [-0.39, 0.29) is 12.3 Å². The fourth-order valence-corrected chi connectivity index (χ4v) is 4.00. The van der Waals surface area contributed by atoms with Crippen LogP contribution in [0.4, 0.5) is 11.4 Å². The third-order valence-corrected chi connectivity index (χ3v) is 5.40. The summed E-state index contributed by atoms with van der Waals surface area (Å²) in [4.78, 5) is 20.1. The molecular formula is C23H22N4O4S. The van der Waals surface area contributed by atoms with Crippen molar-refractivity contribution in [2.75, 3.05) is 23.4 Å². The van der Waals surface area contributed by atoms with Gasteiger partial charge in [0.15, 0.2) is 0 Å². The number of benzene rings is 2. The lowest BCUT2D eigenvalue weighted by atomic mass is 10.0. The van der Waals surface area contributed by atoms with Gasteiger partial charge in [-0.1, -0.05) is 18.2 Å². The average molecular weight is 451 g/mol. The number of amides is 1. The Bertz CT molecular complexity index is 1380. The molecule has 0 aliphatic heterocycles. The van der Waals surface area contributed by atoms with Gasteiger partial charge in [-0.05, 0) is 47.5 Å². The third-order valence-electron chi connectivity index (χ3n) is 4.79. The van der Waals surface area contributed by atoms with Crippen molar-refractivity contribution < 1.29 is 17.9 Å². The maximum atomic E-state index is 12.5. The van der Waals surface area contributed by atoms with Crippen LogP contribution in [0.25, 0.3) is 22.2 Å². The van der Waals surface area contributed by atoms with E-state index in [1.54, 1.807) is 37.6 Å². The van der Waals surface area contributed by atoms with Gasteiger partial charge >= 0.3 is 0 Å². The van der Waals surface area contributed by atoms with Crippen LogP contribution in [-0.2, 0) is 21.2 Å². The summed E-state index contributed by atoms with van der Waals surface area (Å²) in [7, 11) is -1.76. The molecule has 0 aliphatic rings. The molecule has 32 heavy (non-hydrogen) atoms. The van der Waals surface area contributed by atoms with Crippen LogP contribution in [0.15, 0.2) is 66.9 Å². The first-order valence-corrected chi connectivity index (χ1v) is 11.7. The quantitative estimate of drug-likeness (QED) is 0.396. The minimum absolute atomic E-state index is 0.157. The fourth-order valence-electron chi connectivity index (χ4n) is 3.44. The molecule has 0 aliphatic carbocycles. The normalized spacial score (nSPS) is 11.3. The van der Waals surface area contributed by atoms with Gasteiger partial charge < -0.3 is 15.0 Å². The summed E-state index contributed by atoms with van der Waals surface area (Å²) in [5.41, 5.74) is 4.39. The first-order valence-electron chi connectivity index (χ1n) is 9.79. The Morgan fingerprint density at radius 2 is 1.84 bits per heavy atom. The molecule has 0 atom stereocenters. The van der Waals surface area contributed by atoms with Crippen molar-refractivity contribution in [1.29, 1.82) is 0 Å². The number of carbonyl (C=O) groups is 1. The second-order valence-corrected chi connectivity index (χ2v) is 9.07. The van der Waals surface area contributed by atoms with Gasteiger partial charge in [0.25, 0.3) is 0 Å². The van der Waals surface area contributed by atoms with E-state index in [2.05, 4.69) is 20.0 Å². The van der Waals surface area contributed by atoms with Crippen molar-refractivity contribution in [2.45, 2.75) is 6.42 Å². The van der Waals surface area contributed by atoms with E-state index in [0.717, 1.165) is 28.5 Å². The smallest absolute Gasteiger partial charge is 0.230 e. The van der Waals surface area contributed by atoms with Gasteiger partial charge in [-0.3, -0.25) is 9.52 Å². The number of H-pyrrole nitrogens is 1. The minimum atomic E-state index is -3.33. The van der Waals surface area contributed by atoms with Crippen LogP contribution >= 0.6 is 0 Å². The number of aromatic amines is 1. The Kier molecular flexibility index (Phi) is 5.83. The zero-order valence-electron chi connectivity index (χ0n) is 17.5. The molecule has 0 fully saturated rings. The molecule has 2 heterocycles. The average Bonchev–Trinajstić information content (AvgIpc) is 3.15. The summed E-state index contributed by atoms with van der Waals surface area (Å²) in [6.07, 6.45) is 2.96. The summed E-state index contributed by atoms with van der Waals surface area (Å²) in [5, 5.41) is 3.74. The van der Waals surface area contributed by atoms with Gasteiger partial charge in [0, 0.05) is 34.7 Å². The van der Waals surface area contributed by atoms with E-state index in [1.807, 2.05) is 36.4 Å². The molecule has 0 saturated carbocycles. The summed E-state index contributed by atoms with van der Waals surface area (Å²) < 4.78 is 30.4. The van der Waals surface area contributed by atoms with Gasteiger partial charge in [0.2, 0.25) is 15.9 Å². The Hall–Kier alpha value is -3.85. The summed E-state index contributed by atoms with van der Waals surface area (Å²) in [5.74, 6) is 0.502. The van der Waals surface area contributed by atoms with Crippen LogP contribution in [0.5, 0.6) is 5.75 Å². The first kappa shape index (κ1) is 21.4. The standard InChI is InChI=1S/C23H22N4O4S/c1-31-19-5-3-4-17(12-19)25-22(28)14-18-13-21-20(10-11-24-23(21)26-18)15-6-8-16(9-7-15)27-32(2,29)30/h3-13,27H,14H2,1-2H3,(H,24,26)(H,25,28). The SMILES string of the molecule is COc1cccc(NC(=O)Cc2cc3c(-c4ccc(NS(C)(=O)=O)cc4)ccnc3[nH]2)c1. The zero-order valence-corrected chi connectivity index (χ0v) is 18.4. The van der Waals surface area contributed by atoms with Gasteiger partial charge in [-0.2, -0.15) is 0 Å². The fraction of sp³-hybridized carbons (Fsp3) is 0.130. The summed E-state index contributed by atoms with van der Waals surface area (Å²) >= 11 is 0. The number of nitrogens with zero attached hydrogens (tertiary/aromatic N) is 1.